The Labute approximate surface area is 50.7 Å². The molecule has 0 heterocycles. The molecule has 0 aliphatic carbocycles. The molecule has 0 aromatic heterocycles. The first kappa shape index (κ1) is 10.3. The van der Waals surface area contributed by atoms with Crippen LogP contribution in [0, 0.1) is 0 Å². The largest absolute Gasteiger partial charge is 0.333 e. The first-order valence-electron chi connectivity index (χ1n) is 2.30. The third kappa shape index (κ3) is 22.2. The Kier molecular flexibility index (Phi) is 23.9. The van der Waals surface area contributed by atoms with Gasteiger partial charge in [-0.3, -0.25) is 0 Å². The molecule has 4 N–H and O–H groups in total. The highest BCUT2D eigenvalue weighted by atomic mass is 32.1. The molecular weight excluding hydrogens is 108 g/mol. The van der Waals surface area contributed by atoms with Crippen molar-refractivity contribution in [3.63, 3.8) is 0 Å². The van der Waals surface area contributed by atoms with Gasteiger partial charge in [-0.15, -0.1) is 0 Å². The molecule has 3 heteroatoms. The molecule has 0 saturated carbocycles. The summed E-state index contributed by atoms with van der Waals surface area (Å²) in [5.41, 5.74) is 9.59. The molecule has 0 aromatic rings. The van der Waals surface area contributed by atoms with Gasteiger partial charge in [0.15, 0.2) is 0 Å². The van der Waals surface area contributed by atoms with Crippen LogP contribution in [-0.2, 0) is 0 Å². The molecule has 0 rings (SSSR count). The van der Waals surface area contributed by atoms with E-state index in [1.807, 2.05) is 0 Å². The van der Waals surface area contributed by atoms with E-state index in [0.29, 0.717) is 0 Å². The van der Waals surface area contributed by atoms with E-state index in [4.69, 9.17) is 5.73 Å². The average molecular weight is 122 g/mol. The summed E-state index contributed by atoms with van der Waals surface area (Å²) in [5, 5.41) is 0. The van der Waals surface area contributed by atoms with Gasteiger partial charge >= 0.3 is 0 Å². The maximum atomic E-state index is 5.09. The van der Waals surface area contributed by atoms with Crippen molar-refractivity contribution in [3.8, 4) is 0 Å². The summed E-state index contributed by atoms with van der Waals surface area (Å²) in [6.45, 7) is 0.767. The van der Waals surface area contributed by atoms with Crippen LogP contribution in [-0.4, -0.2) is 19.3 Å². The van der Waals surface area contributed by atoms with Crippen molar-refractivity contribution in [2.75, 3.05) is 19.3 Å². The Morgan fingerprint density at radius 2 is 1.86 bits per heavy atom. The van der Waals surface area contributed by atoms with Gasteiger partial charge in [0.1, 0.15) is 0 Å². The van der Waals surface area contributed by atoms with Crippen molar-refractivity contribution in [3.05, 3.63) is 0 Å². The monoisotopic (exact) mass is 122 g/mol. The van der Waals surface area contributed by atoms with Crippen LogP contribution in [0.4, 0.5) is 0 Å². The van der Waals surface area contributed by atoms with E-state index in [2.05, 4.69) is 18.4 Å². The molecule has 2 nitrogen and oxygen atoms in total. The van der Waals surface area contributed by atoms with Gasteiger partial charge in [-0.2, -0.15) is 12.6 Å². The van der Waals surface area contributed by atoms with Crippen molar-refractivity contribution >= 4 is 12.6 Å². The fourth-order valence-electron chi connectivity index (χ4n) is 0.0913. The zero-order chi connectivity index (χ0) is 6.12. The quantitative estimate of drug-likeness (QED) is 0.446. The van der Waals surface area contributed by atoms with E-state index >= 15 is 0 Å². The number of rotatable bonds is 2. The zero-order valence-electron chi connectivity index (χ0n) is 4.72. The summed E-state index contributed by atoms with van der Waals surface area (Å²) in [4.78, 5) is 0. The summed E-state index contributed by atoms with van der Waals surface area (Å²) in [6.07, 6.45) is 1.03. The fourth-order valence-corrected chi connectivity index (χ4v) is 0.274. The smallest absolute Gasteiger partial charge is 0.00695 e. The summed E-state index contributed by atoms with van der Waals surface area (Å²) in [5.74, 6) is 0.913. The lowest BCUT2D eigenvalue weighted by atomic mass is 10.5. The van der Waals surface area contributed by atoms with E-state index in [0.717, 1.165) is 18.7 Å². The lowest BCUT2D eigenvalue weighted by molar-refractivity contribution is 0.946. The zero-order valence-corrected chi connectivity index (χ0v) is 5.62. The van der Waals surface area contributed by atoms with E-state index in [9.17, 15) is 0 Å². The molecule has 0 spiro atoms. The Morgan fingerprint density at radius 1 is 1.43 bits per heavy atom. The van der Waals surface area contributed by atoms with Crippen molar-refractivity contribution in [2.24, 2.45) is 11.5 Å². The van der Waals surface area contributed by atoms with Crippen LogP contribution in [0.2, 0.25) is 0 Å². The van der Waals surface area contributed by atoms with Gasteiger partial charge in [-0.25, -0.2) is 0 Å². The van der Waals surface area contributed by atoms with Crippen molar-refractivity contribution in [2.45, 2.75) is 6.42 Å². The standard InChI is InChI=1S/C3H9NS.CH5N/c4-2-1-3-5;1-2/h5H,1-4H2;2H2,1H3. The van der Waals surface area contributed by atoms with Gasteiger partial charge in [0.05, 0.1) is 0 Å². The van der Waals surface area contributed by atoms with E-state index in [-0.39, 0.29) is 0 Å². The molecule has 0 unspecified atom stereocenters. The van der Waals surface area contributed by atoms with Gasteiger partial charge in [0.25, 0.3) is 0 Å². The van der Waals surface area contributed by atoms with E-state index < -0.39 is 0 Å². The molecule has 0 amide bonds. The highest BCUT2D eigenvalue weighted by Gasteiger charge is 1.68. The van der Waals surface area contributed by atoms with Crippen LogP contribution in [0.25, 0.3) is 0 Å². The van der Waals surface area contributed by atoms with Crippen LogP contribution in [0.1, 0.15) is 6.42 Å². The summed E-state index contributed by atoms with van der Waals surface area (Å²) in [7, 11) is 1.50. The molecule has 0 saturated heterocycles. The Morgan fingerprint density at radius 3 is 1.86 bits per heavy atom. The van der Waals surface area contributed by atoms with E-state index in [1.165, 1.54) is 7.05 Å². The molecule has 0 radical (unpaired) electrons. The van der Waals surface area contributed by atoms with Gasteiger partial charge in [0.2, 0.25) is 0 Å². The summed E-state index contributed by atoms with van der Waals surface area (Å²) in [6, 6.07) is 0. The minimum Gasteiger partial charge on any atom is -0.333 e. The average Bonchev–Trinajstić information content (AvgIpc) is 1.75. The van der Waals surface area contributed by atoms with Crippen LogP contribution < -0.4 is 11.5 Å². The first-order valence-corrected chi connectivity index (χ1v) is 2.93. The second-order valence-corrected chi connectivity index (χ2v) is 1.31. The Bertz CT molecular complexity index is 17.2. The predicted molar refractivity (Wildman–Crippen MR) is 37.6 cm³/mol. The molecule has 46 valence electrons. The van der Waals surface area contributed by atoms with Gasteiger partial charge < -0.3 is 11.5 Å². The van der Waals surface area contributed by atoms with Crippen LogP contribution in [0.5, 0.6) is 0 Å². The molecule has 0 fully saturated rings. The molecular formula is C4H14N2S. The normalized spacial score (nSPS) is 6.86. The van der Waals surface area contributed by atoms with E-state index in [1.54, 1.807) is 0 Å². The second kappa shape index (κ2) is 16.3. The number of thiol groups is 1. The minimum atomic E-state index is 0.767. The van der Waals surface area contributed by atoms with Crippen molar-refractivity contribution in [1.29, 1.82) is 0 Å². The third-order valence-electron chi connectivity index (χ3n) is 0.362. The second-order valence-electron chi connectivity index (χ2n) is 0.866. The fraction of sp³-hybridized carbons (Fsp3) is 1.00. The van der Waals surface area contributed by atoms with Gasteiger partial charge in [-0.05, 0) is 25.8 Å². The molecule has 0 aliphatic heterocycles. The number of nitrogens with two attached hydrogens (primary N) is 2. The van der Waals surface area contributed by atoms with Crippen LogP contribution in [0.3, 0.4) is 0 Å². The third-order valence-corrected chi connectivity index (χ3v) is 0.678. The topological polar surface area (TPSA) is 52.0 Å². The SMILES string of the molecule is CN.NCCCS. The molecule has 7 heavy (non-hydrogen) atoms. The van der Waals surface area contributed by atoms with Gasteiger partial charge in [0, 0.05) is 0 Å². The maximum absolute atomic E-state index is 5.09. The Balaban J connectivity index is 0. The molecule has 0 bridgehead atoms. The van der Waals surface area contributed by atoms with Gasteiger partial charge in [-0.1, -0.05) is 0 Å². The highest BCUT2D eigenvalue weighted by Crippen LogP contribution is 1.74. The van der Waals surface area contributed by atoms with Crippen molar-refractivity contribution in [1.82, 2.24) is 0 Å². The Hall–Kier alpha value is 0.270. The molecule has 0 aromatic carbocycles. The van der Waals surface area contributed by atoms with Crippen LogP contribution in [0.15, 0.2) is 0 Å². The molecule has 0 atom stereocenters. The van der Waals surface area contributed by atoms with Crippen LogP contribution >= 0.6 is 12.6 Å². The maximum Gasteiger partial charge on any atom is -0.00695 e. The predicted octanol–water partition coefficient (Wildman–Crippen LogP) is -0.160. The summed E-state index contributed by atoms with van der Waals surface area (Å²) < 4.78 is 0. The lowest BCUT2D eigenvalue weighted by Crippen LogP contribution is -1.97. The van der Waals surface area contributed by atoms with Crippen molar-refractivity contribution < 1.29 is 0 Å². The number of hydrogen-bond donors (Lipinski definition) is 3. The molecule has 0 aliphatic rings. The number of hydrogen-bond acceptors (Lipinski definition) is 3. The summed E-state index contributed by atoms with van der Waals surface area (Å²) >= 11 is 3.92. The highest BCUT2D eigenvalue weighted by molar-refractivity contribution is 7.80. The first-order chi connectivity index (χ1) is 3.41. The lowest BCUT2D eigenvalue weighted by Gasteiger charge is -1.79. The minimum absolute atomic E-state index is 0.767.